The minimum Gasteiger partial charge on any atom is -0.508 e. The Labute approximate surface area is 164 Å². The van der Waals surface area contributed by atoms with E-state index in [0.717, 1.165) is 11.1 Å². The van der Waals surface area contributed by atoms with E-state index in [-0.39, 0.29) is 24.2 Å². The SMILES string of the molecule is CC(C)OC(=O)[C@@H](N)Cc1ccccc1.N[C@@H](Cc1ccc(O)cc1)C(=O)O. The number of benzene rings is 2. The molecule has 2 rings (SSSR count). The van der Waals surface area contributed by atoms with Crippen LogP contribution in [0.15, 0.2) is 54.6 Å². The Balaban J connectivity index is 0.000000283. The van der Waals surface area contributed by atoms with E-state index in [9.17, 15) is 9.59 Å². The maximum absolute atomic E-state index is 11.4. The summed E-state index contributed by atoms with van der Waals surface area (Å²) in [5, 5.41) is 17.5. The third-order valence-corrected chi connectivity index (χ3v) is 3.66. The molecule has 0 radical (unpaired) electrons. The zero-order valence-corrected chi connectivity index (χ0v) is 16.1. The van der Waals surface area contributed by atoms with Crippen LogP contribution >= 0.6 is 0 Å². The molecular weight excluding hydrogens is 360 g/mol. The van der Waals surface area contributed by atoms with Crippen molar-refractivity contribution in [1.29, 1.82) is 0 Å². The van der Waals surface area contributed by atoms with Crippen LogP contribution in [0.3, 0.4) is 0 Å². The first-order chi connectivity index (χ1) is 13.2. The number of phenolic OH excluding ortho intramolecular Hbond substituents is 1. The fraction of sp³-hybridized carbons (Fsp3) is 0.333. The maximum atomic E-state index is 11.4. The first-order valence-electron chi connectivity index (χ1n) is 8.95. The van der Waals surface area contributed by atoms with Crippen molar-refractivity contribution in [3.63, 3.8) is 0 Å². The minimum absolute atomic E-state index is 0.112. The Morgan fingerprint density at radius 1 is 0.893 bits per heavy atom. The van der Waals surface area contributed by atoms with Crippen LogP contribution in [0.4, 0.5) is 0 Å². The normalized spacial score (nSPS) is 12.5. The Bertz CT molecular complexity index is 732. The summed E-state index contributed by atoms with van der Waals surface area (Å²) in [7, 11) is 0. The predicted molar refractivity (Wildman–Crippen MR) is 107 cm³/mol. The van der Waals surface area contributed by atoms with Crippen LogP contribution in [0.2, 0.25) is 0 Å². The molecule has 7 heteroatoms. The molecule has 2 atom stereocenters. The molecule has 0 aliphatic heterocycles. The van der Waals surface area contributed by atoms with Gasteiger partial charge in [0.15, 0.2) is 0 Å². The van der Waals surface area contributed by atoms with Gasteiger partial charge in [0.2, 0.25) is 0 Å². The third kappa shape index (κ3) is 9.16. The highest BCUT2D eigenvalue weighted by molar-refractivity contribution is 5.76. The van der Waals surface area contributed by atoms with Gasteiger partial charge in [-0.15, -0.1) is 0 Å². The third-order valence-electron chi connectivity index (χ3n) is 3.66. The molecule has 0 aromatic heterocycles. The number of esters is 1. The van der Waals surface area contributed by atoms with Crippen molar-refractivity contribution >= 4 is 11.9 Å². The number of rotatable bonds is 7. The van der Waals surface area contributed by atoms with Gasteiger partial charge in [0.05, 0.1) is 6.10 Å². The molecule has 152 valence electrons. The van der Waals surface area contributed by atoms with Gasteiger partial charge in [-0.3, -0.25) is 9.59 Å². The van der Waals surface area contributed by atoms with E-state index in [1.165, 1.54) is 12.1 Å². The van der Waals surface area contributed by atoms with Gasteiger partial charge in [-0.2, -0.15) is 0 Å². The van der Waals surface area contributed by atoms with Crippen LogP contribution in [-0.2, 0) is 27.2 Å². The van der Waals surface area contributed by atoms with Gasteiger partial charge >= 0.3 is 11.9 Å². The molecule has 0 spiro atoms. The summed E-state index contributed by atoms with van der Waals surface area (Å²) in [6.07, 6.45) is 0.682. The number of carboxylic acid groups (broad SMARTS) is 1. The molecule has 7 nitrogen and oxygen atoms in total. The Morgan fingerprint density at radius 3 is 1.89 bits per heavy atom. The van der Waals surface area contributed by atoms with E-state index in [1.807, 2.05) is 44.2 Å². The topological polar surface area (TPSA) is 136 Å². The lowest BCUT2D eigenvalue weighted by atomic mass is 10.1. The average Bonchev–Trinajstić information content (AvgIpc) is 2.64. The van der Waals surface area contributed by atoms with Crippen molar-refractivity contribution < 1.29 is 24.5 Å². The summed E-state index contributed by atoms with van der Waals surface area (Å²) in [4.78, 5) is 21.8. The molecule has 0 fully saturated rings. The highest BCUT2D eigenvalue weighted by Crippen LogP contribution is 2.10. The Hall–Kier alpha value is -2.90. The molecule has 0 unspecified atom stereocenters. The monoisotopic (exact) mass is 388 g/mol. The quantitative estimate of drug-likeness (QED) is 0.531. The predicted octanol–water partition coefficient (Wildman–Crippen LogP) is 1.85. The van der Waals surface area contributed by atoms with Gasteiger partial charge in [0, 0.05) is 0 Å². The van der Waals surface area contributed by atoms with Crippen LogP contribution in [0.5, 0.6) is 5.75 Å². The van der Waals surface area contributed by atoms with Crippen molar-refractivity contribution in [2.75, 3.05) is 0 Å². The number of hydrogen-bond acceptors (Lipinski definition) is 6. The van der Waals surface area contributed by atoms with E-state index in [1.54, 1.807) is 12.1 Å². The van der Waals surface area contributed by atoms with Gasteiger partial charge in [0.1, 0.15) is 17.8 Å². The van der Waals surface area contributed by atoms with Gasteiger partial charge < -0.3 is 26.4 Å². The van der Waals surface area contributed by atoms with Gasteiger partial charge in [-0.25, -0.2) is 0 Å². The molecule has 28 heavy (non-hydrogen) atoms. The number of aliphatic carboxylic acids is 1. The molecule has 0 saturated carbocycles. The molecule has 6 N–H and O–H groups in total. The smallest absolute Gasteiger partial charge is 0.323 e. The molecule has 0 aliphatic rings. The number of nitrogens with two attached hydrogens (primary N) is 2. The maximum Gasteiger partial charge on any atom is 0.323 e. The average molecular weight is 388 g/mol. The van der Waals surface area contributed by atoms with Crippen molar-refractivity contribution in [3.05, 3.63) is 65.7 Å². The first kappa shape index (κ1) is 23.1. The largest absolute Gasteiger partial charge is 0.508 e. The lowest BCUT2D eigenvalue weighted by Crippen LogP contribution is -2.35. The van der Waals surface area contributed by atoms with Gasteiger partial charge in [0.25, 0.3) is 0 Å². The molecule has 0 amide bonds. The number of phenols is 1. The van der Waals surface area contributed by atoms with Crippen molar-refractivity contribution in [1.82, 2.24) is 0 Å². The lowest BCUT2D eigenvalue weighted by molar-refractivity contribution is -0.149. The van der Waals surface area contributed by atoms with E-state index in [0.29, 0.717) is 6.42 Å². The summed E-state index contributed by atoms with van der Waals surface area (Å²) in [5.74, 6) is -1.20. The van der Waals surface area contributed by atoms with Crippen LogP contribution in [0, 0.1) is 0 Å². The molecule has 0 saturated heterocycles. The van der Waals surface area contributed by atoms with Crippen LogP contribution in [0.1, 0.15) is 25.0 Å². The molecular formula is C21H28N2O5. The molecule has 0 bridgehead atoms. The summed E-state index contributed by atoms with van der Waals surface area (Å²) in [6.45, 7) is 3.63. The zero-order chi connectivity index (χ0) is 21.1. The number of carboxylic acids is 1. The molecule has 2 aromatic carbocycles. The number of carbonyl (C=O) groups excluding carboxylic acids is 1. The Kier molecular flexibility index (Phi) is 9.70. The zero-order valence-electron chi connectivity index (χ0n) is 16.1. The van der Waals surface area contributed by atoms with Crippen LogP contribution in [0.25, 0.3) is 0 Å². The highest BCUT2D eigenvalue weighted by atomic mass is 16.5. The van der Waals surface area contributed by atoms with E-state index in [4.69, 9.17) is 26.4 Å². The molecule has 2 aromatic rings. The van der Waals surface area contributed by atoms with Gasteiger partial charge in [-0.05, 0) is 49.9 Å². The molecule has 0 aliphatic carbocycles. The minimum atomic E-state index is -1.02. The summed E-state index contributed by atoms with van der Waals surface area (Å²) in [5.41, 5.74) is 12.9. The number of hydrogen-bond donors (Lipinski definition) is 4. The van der Waals surface area contributed by atoms with E-state index < -0.39 is 18.1 Å². The van der Waals surface area contributed by atoms with Crippen molar-refractivity contribution in [3.8, 4) is 5.75 Å². The first-order valence-corrected chi connectivity index (χ1v) is 8.95. The fourth-order valence-electron chi connectivity index (χ4n) is 2.24. The lowest BCUT2D eigenvalue weighted by Gasteiger charge is -2.13. The second-order valence-electron chi connectivity index (χ2n) is 6.60. The number of carbonyl (C=O) groups is 2. The molecule has 0 heterocycles. The highest BCUT2D eigenvalue weighted by Gasteiger charge is 2.16. The van der Waals surface area contributed by atoms with Crippen LogP contribution in [-0.4, -0.2) is 40.3 Å². The standard InChI is InChI=1S/C12H17NO2.C9H11NO3/c1-9(2)15-12(14)11(13)8-10-6-4-3-5-7-10;10-8(9(12)13)5-6-1-3-7(11)4-2-6/h3-7,9,11H,8,13H2,1-2H3;1-4,8,11H,5,10H2,(H,12,13)/t11-;8-/m00/s1. The van der Waals surface area contributed by atoms with Crippen LogP contribution < -0.4 is 11.5 Å². The van der Waals surface area contributed by atoms with E-state index in [2.05, 4.69) is 0 Å². The summed E-state index contributed by atoms with van der Waals surface area (Å²) in [6, 6.07) is 14.5. The summed E-state index contributed by atoms with van der Waals surface area (Å²) >= 11 is 0. The number of aromatic hydroxyl groups is 1. The second-order valence-corrected chi connectivity index (χ2v) is 6.60. The fourth-order valence-corrected chi connectivity index (χ4v) is 2.24. The Morgan fingerprint density at radius 2 is 1.39 bits per heavy atom. The second kappa shape index (κ2) is 11.7. The van der Waals surface area contributed by atoms with E-state index >= 15 is 0 Å². The van der Waals surface area contributed by atoms with Crippen molar-refractivity contribution in [2.45, 2.75) is 44.9 Å². The number of ether oxygens (including phenoxy) is 1. The van der Waals surface area contributed by atoms with Gasteiger partial charge in [-0.1, -0.05) is 42.5 Å². The van der Waals surface area contributed by atoms with Crippen molar-refractivity contribution in [2.24, 2.45) is 11.5 Å². The summed E-state index contributed by atoms with van der Waals surface area (Å²) < 4.78 is 5.02.